The lowest BCUT2D eigenvalue weighted by atomic mass is 9.92. The number of nitrogens with two attached hydrogens (primary N) is 3. The van der Waals surface area contributed by atoms with Crippen LogP contribution in [0.3, 0.4) is 0 Å². The summed E-state index contributed by atoms with van der Waals surface area (Å²) < 4.78 is 16.6. The molecule has 228 valence electrons. The minimum Gasteiger partial charge on any atom is -0.395 e. The number of hydrogen-bond acceptors (Lipinski definition) is 6. The molecule has 0 bridgehead atoms. The van der Waals surface area contributed by atoms with Gasteiger partial charge in [0, 0.05) is 41.8 Å². The van der Waals surface area contributed by atoms with Crippen LogP contribution in [0.25, 0.3) is 28.0 Å². The molecule has 0 aliphatic carbocycles. The van der Waals surface area contributed by atoms with Gasteiger partial charge in [0.15, 0.2) is 11.8 Å². The predicted octanol–water partition coefficient (Wildman–Crippen LogP) is 3.66. The third-order valence-corrected chi connectivity index (χ3v) is 8.26. The van der Waals surface area contributed by atoms with Gasteiger partial charge >= 0.3 is 5.69 Å². The SMILES string of the molecule is NC(N)=NCC[C@@H]1CCC[C@@H](c2ccc(-n3cc4cc(-c5cc(CCC[C@@H](N)CO)cc(Cl)c5F)[nH]c4nc3=O)cc2)N1. The Morgan fingerprint density at radius 1 is 1.21 bits per heavy atom. The number of fused-ring (bicyclic) bond motifs is 1. The smallest absolute Gasteiger partial charge is 0.354 e. The molecule has 1 aliphatic rings. The van der Waals surface area contributed by atoms with Crippen LogP contribution in [0.1, 0.15) is 55.7 Å². The van der Waals surface area contributed by atoms with Gasteiger partial charge in [-0.2, -0.15) is 4.98 Å². The Kier molecular flexibility index (Phi) is 9.76. The second-order valence-electron chi connectivity index (χ2n) is 11.2. The van der Waals surface area contributed by atoms with Crippen LogP contribution in [0.4, 0.5) is 4.39 Å². The first kappa shape index (κ1) is 30.7. The van der Waals surface area contributed by atoms with Crippen LogP contribution >= 0.6 is 11.6 Å². The maximum Gasteiger partial charge on any atom is 0.354 e. The van der Waals surface area contributed by atoms with Crippen LogP contribution in [0.2, 0.25) is 5.02 Å². The third-order valence-electron chi connectivity index (χ3n) is 7.99. The summed E-state index contributed by atoms with van der Waals surface area (Å²) in [6.07, 6.45) is 7.78. The van der Waals surface area contributed by atoms with Gasteiger partial charge in [0.25, 0.3) is 0 Å². The molecule has 1 fully saturated rings. The molecule has 0 spiro atoms. The van der Waals surface area contributed by atoms with Crippen molar-refractivity contribution in [3.63, 3.8) is 0 Å². The van der Waals surface area contributed by atoms with Crippen molar-refractivity contribution in [1.82, 2.24) is 19.9 Å². The van der Waals surface area contributed by atoms with Crippen molar-refractivity contribution in [3.8, 4) is 16.9 Å². The first-order chi connectivity index (χ1) is 20.7. The van der Waals surface area contributed by atoms with Crippen LogP contribution in [0.5, 0.6) is 0 Å². The van der Waals surface area contributed by atoms with Gasteiger partial charge in [0.1, 0.15) is 5.65 Å². The van der Waals surface area contributed by atoms with Crippen molar-refractivity contribution in [2.24, 2.45) is 22.2 Å². The first-order valence-electron chi connectivity index (χ1n) is 14.6. The molecule has 43 heavy (non-hydrogen) atoms. The summed E-state index contributed by atoms with van der Waals surface area (Å²) in [6, 6.07) is 13.2. The summed E-state index contributed by atoms with van der Waals surface area (Å²) in [6.45, 7) is 0.515. The average molecular weight is 609 g/mol. The van der Waals surface area contributed by atoms with Gasteiger partial charge in [-0.1, -0.05) is 30.2 Å². The minimum atomic E-state index is -0.551. The third kappa shape index (κ3) is 7.42. The highest BCUT2D eigenvalue weighted by Gasteiger charge is 2.22. The van der Waals surface area contributed by atoms with Crippen molar-refractivity contribution in [3.05, 3.63) is 81.1 Å². The Morgan fingerprint density at radius 3 is 2.74 bits per heavy atom. The number of benzene rings is 2. The molecule has 12 heteroatoms. The van der Waals surface area contributed by atoms with E-state index in [4.69, 9.17) is 33.9 Å². The fraction of sp³-hybridized carbons (Fsp3) is 0.387. The normalized spacial score (nSPS) is 17.7. The first-order valence-corrected chi connectivity index (χ1v) is 15.0. The van der Waals surface area contributed by atoms with Crippen LogP contribution in [0.15, 0.2) is 58.4 Å². The summed E-state index contributed by atoms with van der Waals surface area (Å²) in [5, 5.41) is 13.5. The number of nitrogens with zero attached hydrogens (tertiary/aromatic N) is 3. The number of halogens is 2. The van der Waals surface area contributed by atoms with E-state index in [-0.39, 0.29) is 29.7 Å². The Hall–Kier alpha value is -3.77. The van der Waals surface area contributed by atoms with E-state index in [0.29, 0.717) is 53.4 Å². The molecule has 0 unspecified atom stereocenters. The molecule has 0 amide bonds. The molecule has 2 aromatic heterocycles. The van der Waals surface area contributed by atoms with Crippen LogP contribution in [-0.4, -0.2) is 50.8 Å². The monoisotopic (exact) mass is 608 g/mol. The summed E-state index contributed by atoms with van der Waals surface area (Å²) >= 11 is 6.24. The molecule has 3 atom stereocenters. The lowest BCUT2D eigenvalue weighted by Gasteiger charge is -2.31. The highest BCUT2D eigenvalue weighted by Crippen LogP contribution is 2.32. The average Bonchev–Trinajstić information content (AvgIpc) is 3.41. The number of aromatic nitrogens is 3. The van der Waals surface area contributed by atoms with Crippen LogP contribution in [0, 0.1) is 5.82 Å². The number of aryl methyl sites for hydroxylation is 1. The second-order valence-corrected chi connectivity index (χ2v) is 11.6. The number of aliphatic hydroxyl groups is 1. The highest BCUT2D eigenvalue weighted by atomic mass is 35.5. The standard InChI is InChI=1S/C31H38ClFN8O2/c32-25-14-18(3-1-4-21(34)17-42)13-24(28(25)33)27-15-20-16-41(31(43)40-29(20)39-27)23-9-7-19(8-10-23)26-6-2-5-22(38-26)11-12-37-30(35)36/h7-10,13-16,21-22,26,38,42H,1-6,11-12,17,34H2,(H4,35,36,37)(H,39,40,43)/t21-,22+,26+/m1/s1. The number of aliphatic imine (C=N–C) groups is 1. The Bertz CT molecular complexity index is 1650. The number of aromatic amines is 1. The number of rotatable bonds is 11. The molecule has 9 N–H and O–H groups in total. The van der Waals surface area contributed by atoms with Gasteiger partial charge < -0.3 is 32.6 Å². The molecule has 5 rings (SSSR count). The van der Waals surface area contributed by atoms with Crippen molar-refractivity contribution >= 4 is 28.6 Å². The molecule has 0 saturated carbocycles. The quantitative estimate of drug-likeness (QED) is 0.111. The van der Waals surface area contributed by atoms with E-state index < -0.39 is 11.5 Å². The fourth-order valence-electron chi connectivity index (χ4n) is 5.70. The Labute approximate surface area is 254 Å². The van der Waals surface area contributed by atoms with Crippen molar-refractivity contribution in [2.75, 3.05) is 13.2 Å². The largest absolute Gasteiger partial charge is 0.395 e. The number of aliphatic hydroxyl groups excluding tert-OH is 1. The molecule has 1 aliphatic heterocycles. The van der Waals surface area contributed by atoms with Crippen molar-refractivity contribution in [1.29, 1.82) is 0 Å². The molecular weight excluding hydrogens is 571 g/mol. The Balaban J connectivity index is 1.34. The number of piperidine rings is 1. The van der Waals surface area contributed by atoms with Gasteiger partial charge in [0.05, 0.1) is 23.0 Å². The van der Waals surface area contributed by atoms with Crippen LogP contribution < -0.4 is 28.2 Å². The van der Waals surface area contributed by atoms with Gasteiger partial charge in [-0.25, -0.2) is 9.18 Å². The number of H-pyrrole nitrogens is 1. The van der Waals surface area contributed by atoms with E-state index in [9.17, 15) is 4.79 Å². The van der Waals surface area contributed by atoms with Gasteiger partial charge in [-0.15, -0.1) is 0 Å². The Morgan fingerprint density at radius 2 is 2.00 bits per heavy atom. The van der Waals surface area contributed by atoms with Gasteiger partial charge in [-0.05, 0) is 80.0 Å². The van der Waals surface area contributed by atoms with Crippen molar-refractivity contribution in [2.45, 2.75) is 63.1 Å². The lowest BCUT2D eigenvalue weighted by Crippen LogP contribution is -2.37. The van der Waals surface area contributed by atoms with E-state index in [1.807, 2.05) is 24.3 Å². The van der Waals surface area contributed by atoms with E-state index in [0.717, 1.165) is 43.2 Å². The molecule has 1 saturated heterocycles. The maximum atomic E-state index is 15.1. The fourth-order valence-corrected chi connectivity index (χ4v) is 5.94. The second kappa shape index (κ2) is 13.7. The number of guanidine groups is 1. The zero-order valence-electron chi connectivity index (χ0n) is 23.9. The highest BCUT2D eigenvalue weighted by molar-refractivity contribution is 6.31. The minimum absolute atomic E-state index is 0.0118. The van der Waals surface area contributed by atoms with E-state index in [1.165, 1.54) is 4.57 Å². The van der Waals surface area contributed by atoms with Gasteiger partial charge in [0.2, 0.25) is 0 Å². The molecule has 10 nitrogen and oxygen atoms in total. The van der Waals surface area contributed by atoms with Crippen molar-refractivity contribution < 1.29 is 9.50 Å². The summed E-state index contributed by atoms with van der Waals surface area (Å²) in [4.78, 5) is 24.4. The number of hydrogen-bond donors (Lipinski definition) is 6. The van der Waals surface area contributed by atoms with Crippen LogP contribution in [-0.2, 0) is 6.42 Å². The summed E-state index contributed by atoms with van der Waals surface area (Å²) in [5.74, 6) is -0.440. The molecule has 2 aromatic carbocycles. The topological polar surface area (TPSA) is 173 Å². The predicted molar refractivity (Wildman–Crippen MR) is 169 cm³/mol. The maximum absolute atomic E-state index is 15.1. The molecule has 3 heterocycles. The lowest BCUT2D eigenvalue weighted by molar-refractivity contribution is 0.258. The summed E-state index contributed by atoms with van der Waals surface area (Å²) in [5.41, 5.74) is 20.1. The van der Waals surface area contributed by atoms with E-state index >= 15 is 4.39 Å². The zero-order valence-corrected chi connectivity index (χ0v) is 24.7. The molecule has 0 radical (unpaired) electrons. The number of nitrogens with one attached hydrogen (secondary N) is 2. The molecule has 4 aromatic rings. The zero-order chi connectivity index (χ0) is 30.5. The van der Waals surface area contributed by atoms with E-state index in [2.05, 4.69) is 20.3 Å². The summed E-state index contributed by atoms with van der Waals surface area (Å²) in [7, 11) is 0. The van der Waals surface area contributed by atoms with Gasteiger partial charge in [-0.3, -0.25) is 9.56 Å². The van der Waals surface area contributed by atoms with E-state index in [1.54, 1.807) is 24.4 Å². The molecular formula is C31H38ClFN8O2.